The van der Waals surface area contributed by atoms with Crippen molar-refractivity contribution >= 4 is 5.91 Å². The second kappa shape index (κ2) is 5.41. The van der Waals surface area contributed by atoms with Crippen LogP contribution < -0.4 is 16.8 Å². The molecule has 0 aliphatic heterocycles. The quantitative estimate of drug-likeness (QED) is 0.522. The summed E-state index contributed by atoms with van der Waals surface area (Å²) in [4.78, 5) is 10.6. The van der Waals surface area contributed by atoms with Gasteiger partial charge in [0.05, 0.1) is 12.3 Å². The Kier molecular flexibility index (Phi) is 4.15. The fourth-order valence-electron chi connectivity index (χ4n) is 1.02. The maximum absolute atomic E-state index is 10.6. The molecule has 1 atom stereocenters. The van der Waals surface area contributed by atoms with Gasteiger partial charge in [0.25, 0.3) is 0 Å². The van der Waals surface area contributed by atoms with Gasteiger partial charge in [-0.1, -0.05) is 0 Å². The summed E-state index contributed by atoms with van der Waals surface area (Å²) < 4.78 is 5.13. The first-order valence-electron chi connectivity index (χ1n) is 4.48. The van der Waals surface area contributed by atoms with Crippen LogP contribution in [0.1, 0.15) is 5.76 Å². The third-order valence-corrected chi connectivity index (χ3v) is 1.86. The van der Waals surface area contributed by atoms with Crippen molar-refractivity contribution in [3.63, 3.8) is 0 Å². The molecule has 1 rings (SSSR count). The zero-order valence-corrected chi connectivity index (χ0v) is 7.90. The van der Waals surface area contributed by atoms with Gasteiger partial charge in [-0.2, -0.15) is 0 Å². The van der Waals surface area contributed by atoms with Crippen LogP contribution in [0.25, 0.3) is 0 Å². The van der Waals surface area contributed by atoms with E-state index in [2.05, 4.69) is 5.32 Å². The van der Waals surface area contributed by atoms with Gasteiger partial charge in [-0.05, 0) is 12.1 Å². The topological polar surface area (TPSA) is 94.3 Å². The van der Waals surface area contributed by atoms with Gasteiger partial charge in [0, 0.05) is 19.5 Å². The van der Waals surface area contributed by atoms with E-state index in [0.717, 1.165) is 12.2 Å². The lowest BCUT2D eigenvalue weighted by atomic mass is 10.3. The summed E-state index contributed by atoms with van der Waals surface area (Å²) in [6, 6.07) is 3.12. The molecule has 0 aromatic carbocycles. The maximum Gasteiger partial charge on any atom is 0.235 e. The smallest absolute Gasteiger partial charge is 0.235 e. The number of primary amides is 1. The lowest BCUT2D eigenvalue weighted by molar-refractivity contribution is -0.119. The summed E-state index contributed by atoms with van der Waals surface area (Å²) in [7, 11) is 0. The van der Waals surface area contributed by atoms with Gasteiger partial charge < -0.3 is 21.2 Å². The molecule has 0 aliphatic rings. The van der Waals surface area contributed by atoms with Crippen molar-refractivity contribution in [2.75, 3.05) is 13.1 Å². The summed E-state index contributed by atoms with van der Waals surface area (Å²) in [6.45, 7) is 1.12. The second-order valence-corrected chi connectivity index (χ2v) is 3.04. The van der Waals surface area contributed by atoms with Crippen LogP contribution in [0.2, 0.25) is 0 Å². The van der Waals surface area contributed by atoms with Crippen molar-refractivity contribution in [1.29, 1.82) is 0 Å². The molecule has 0 saturated carbocycles. The molecule has 5 nitrogen and oxygen atoms in total. The summed E-state index contributed by atoms with van der Waals surface area (Å²) in [5.74, 6) is 0.417. The number of nitrogens with two attached hydrogens (primary N) is 2. The normalized spacial score (nSPS) is 12.6. The molecule has 5 heteroatoms. The number of hydrogen-bond donors (Lipinski definition) is 3. The minimum atomic E-state index is -0.619. The van der Waals surface area contributed by atoms with Crippen LogP contribution in [-0.2, 0) is 11.2 Å². The highest BCUT2D eigenvalue weighted by Crippen LogP contribution is 1.99. The predicted octanol–water partition coefficient (Wildman–Crippen LogP) is -0.776. The molecule has 14 heavy (non-hydrogen) atoms. The number of furan rings is 1. The van der Waals surface area contributed by atoms with Gasteiger partial charge in [-0.25, -0.2) is 0 Å². The van der Waals surface area contributed by atoms with E-state index < -0.39 is 11.9 Å². The Hall–Kier alpha value is -1.33. The monoisotopic (exact) mass is 197 g/mol. The van der Waals surface area contributed by atoms with Gasteiger partial charge in [-0.15, -0.1) is 0 Å². The number of carbonyl (C=O) groups excluding carboxylic acids is 1. The van der Waals surface area contributed by atoms with E-state index in [0.29, 0.717) is 13.1 Å². The Morgan fingerprint density at radius 2 is 2.43 bits per heavy atom. The van der Waals surface area contributed by atoms with Crippen molar-refractivity contribution in [1.82, 2.24) is 5.32 Å². The highest BCUT2D eigenvalue weighted by Gasteiger charge is 2.07. The van der Waals surface area contributed by atoms with E-state index in [1.807, 2.05) is 12.1 Å². The minimum absolute atomic E-state index is 0.399. The van der Waals surface area contributed by atoms with E-state index in [4.69, 9.17) is 15.9 Å². The lowest BCUT2D eigenvalue weighted by Gasteiger charge is -2.07. The first-order chi connectivity index (χ1) is 6.70. The molecule has 1 aromatic rings. The van der Waals surface area contributed by atoms with E-state index in [-0.39, 0.29) is 0 Å². The Bertz CT molecular complexity index is 272. The highest BCUT2D eigenvalue weighted by molar-refractivity contribution is 5.79. The van der Waals surface area contributed by atoms with E-state index >= 15 is 0 Å². The van der Waals surface area contributed by atoms with Gasteiger partial charge in [-0.3, -0.25) is 4.79 Å². The molecule has 0 saturated heterocycles. The fourth-order valence-corrected chi connectivity index (χ4v) is 1.02. The van der Waals surface area contributed by atoms with E-state index in [9.17, 15) is 4.79 Å². The van der Waals surface area contributed by atoms with Crippen LogP contribution in [-0.4, -0.2) is 25.0 Å². The van der Waals surface area contributed by atoms with Crippen molar-refractivity contribution < 1.29 is 9.21 Å². The van der Waals surface area contributed by atoms with Crippen LogP contribution in [0.5, 0.6) is 0 Å². The van der Waals surface area contributed by atoms with Crippen LogP contribution in [0.4, 0.5) is 0 Å². The number of carbonyl (C=O) groups is 1. The fraction of sp³-hybridized carbons (Fsp3) is 0.444. The molecule has 0 bridgehead atoms. The molecule has 1 amide bonds. The minimum Gasteiger partial charge on any atom is -0.469 e. The molecular formula is C9H15N3O2. The van der Waals surface area contributed by atoms with Gasteiger partial charge in [0.1, 0.15) is 5.76 Å². The molecule has 0 aliphatic carbocycles. The Balaban J connectivity index is 2.08. The van der Waals surface area contributed by atoms with Crippen LogP contribution in [0.3, 0.4) is 0 Å². The third-order valence-electron chi connectivity index (χ3n) is 1.86. The Labute approximate surface area is 82.4 Å². The third kappa shape index (κ3) is 3.59. The Morgan fingerprint density at radius 3 is 3.00 bits per heavy atom. The summed E-state index contributed by atoms with van der Waals surface area (Å²) >= 11 is 0. The van der Waals surface area contributed by atoms with Gasteiger partial charge >= 0.3 is 0 Å². The molecule has 5 N–H and O–H groups in total. The number of hydrogen-bond acceptors (Lipinski definition) is 4. The summed E-state index contributed by atoms with van der Waals surface area (Å²) in [5.41, 5.74) is 10.4. The standard InChI is InChI=1S/C9H15N3O2/c10-8(9(11)13)6-12-4-3-7-2-1-5-14-7/h1-2,5,8,12H,3-4,6,10H2,(H2,11,13). The average molecular weight is 197 g/mol. The van der Waals surface area contributed by atoms with Crippen molar-refractivity contribution in [2.45, 2.75) is 12.5 Å². The zero-order chi connectivity index (χ0) is 10.4. The summed E-state index contributed by atoms with van der Waals surface area (Å²) in [6.07, 6.45) is 2.41. The number of amides is 1. The summed E-state index contributed by atoms with van der Waals surface area (Å²) in [5, 5.41) is 3.02. The predicted molar refractivity (Wildman–Crippen MR) is 52.5 cm³/mol. The van der Waals surface area contributed by atoms with E-state index in [1.54, 1.807) is 6.26 Å². The molecular weight excluding hydrogens is 182 g/mol. The molecule has 0 fully saturated rings. The first-order valence-corrected chi connectivity index (χ1v) is 4.48. The largest absolute Gasteiger partial charge is 0.469 e. The molecule has 1 aromatic heterocycles. The SMILES string of the molecule is NC(=O)C(N)CNCCc1ccco1. The number of nitrogens with one attached hydrogen (secondary N) is 1. The number of rotatable bonds is 6. The lowest BCUT2D eigenvalue weighted by Crippen LogP contribution is -2.44. The second-order valence-electron chi connectivity index (χ2n) is 3.04. The maximum atomic E-state index is 10.6. The van der Waals surface area contributed by atoms with Crippen LogP contribution >= 0.6 is 0 Å². The van der Waals surface area contributed by atoms with E-state index in [1.165, 1.54) is 0 Å². The Morgan fingerprint density at radius 1 is 1.64 bits per heavy atom. The zero-order valence-electron chi connectivity index (χ0n) is 7.90. The molecule has 78 valence electrons. The van der Waals surface area contributed by atoms with Crippen molar-refractivity contribution in [2.24, 2.45) is 11.5 Å². The molecule has 1 heterocycles. The van der Waals surface area contributed by atoms with Crippen LogP contribution in [0, 0.1) is 0 Å². The highest BCUT2D eigenvalue weighted by atomic mass is 16.3. The average Bonchev–Trinajstić information content (AvgIpc) is 2.64. The molecule has 0 spiro atoms. The van der Waals surface area contributed by atoms with Crippen molar-refractivity contribution in [3.05, 3.63) is 24.2 Å². The van der Waals surface area contributed by atoms with Gasteiger partial charge in [0.2, 0.25) is 5.91 Å². The van der Waals surface area contributed by atoms with Gasteiger partial charge in [0.15, 0.2) is 0 Å². The molecule has 0 radical (unpaired) electrons. The molecule has 1 unspecified atom stereocenters. The van der Waals surface area contributed by atoms with Crippen molar-refractivity contribution in [3.8, 4) is 0 Å². The van der Waals surface area contributed by atoms with Crippen LogP contribution in [0.15, 0.2) is 22.8 Å². The first kappa shape index (κ1) is 10.7.